The van der Waals surface area contributed by atoms with E-state index >= 15 is 0 Å². The van der Waals surface area contributed by atoms with Crippen LogP contribution in [0.25, 0.3) is 11.1 Å². The summed E-state index contributed by atoms with van der Waals surface area (Å²) in [5, 5.41) is 11.7. The van der Waals surface area contributed by atoms with Crippen molar-refractivity contribution in [3.05, 3.63) is 118 Å². The average molecular weight is 483 g/mol. The van der Waals surface area contributed by atoms with Gasteiger partial charge in [-0.1, -0.05) is 0 Å². The van der Waals surface area contributed by atoms with Gasteiger partial charge >= 0.3 is 227 Å². The monoisotopic (exact) mass is 482 g/mol. The summed E-state index contributed by atoms with van der Waals surface area (Å²) in [6, 6.07) is 24.5. The molecule has 0 saturated heterocycles. The third-order valence-corrected chi connectivity index (χ3v) is 15.3. The minimum absolute atomic E-state index is 0.172. The van der Waals surface area contributed by atoms with Crippen molar-refractivity contribution in [2.24, 2.45) is 0 Å². The first-order valence-electron chi connectivity index (χ1n) is 13.6. The zero-order valence-corrected chi connectivity index (χ0v) is 23.4. The van der Waals surface area contributed by atoms with Gasteiger partial charge in [-0.2, -0.15) is 0 Å². The molecule has 1 N–H and O–H groups in total. The molecule has 0 heterocycles. The fourth-order valence-corrected chi connectivity index (χ4v) is 11.0. The SMILES string of the molecule is [Li][C]1([Si](C)(C)C2(O)C=C(C)c3ccccc32)C=C(CC(C)c2ccccc2)c2cc3c(cc21)CCC3. The van der Waals surface area contributed by atoms with Crippen LogP contribution in [-0.4, -0.2) is 30.9 Å². The third-order valence-electron chi connectivity index (χ3n) is 9.93. The molecule has 3 heteroatoms. The summed E-state index contributed by atoms with van der Waals surface area (Å²) in [7, 11) is -2.43. The molecule has 3 aliphatic rings. The molecule has 0 aromatic heterocycles. The van der Waals surface area contributed by atoms with E-state index in [1.54, 1.807) is 0 Å². The molecule has 0 bridgehead atoms. The van der Waals surface area contributed by atoms with Gasteiger partial charge in [-0.25, -0.2) is 0 Å². The van der Waals surface area contributed by atoms with Crippen molar-refractivity contribution >= 4 is 36.9 Å². The van der Waals surface area contributed by atoms with Crippen LogP contribution in [-0.2, 0) is 21.8 Å². The fourth-order valence-electron chi connectivity index (χ4n) is 7.28. The Hall–Kier alpha value is -2.09. The second-order valence-corrected chi connectivity index (χ2v) is 17.2. The van der Waals surface area contributed by atoms with Crippen LogP contribution in [0, 0.1) is 0 Å². The second-order valence-electron chi connectivity index (χ2n) is 12.2. The zero-order valence-electron chi connectivity index (χ0n) is 22.4. The van der Waals surface area contributed by atoms with Crippen LogP contribution in [0.4, 0.5) is 0 Å². The molecule has 36 heavy (non-hydrogen) atoms. The summed E-state index contributed by atoms with van der Waals surface area (Å²) in [5.74, 6) is 0.447. The molecule has 0 radical (unpaired) electrons. The van der Waals surface area contributed by atoms with Gasteiger partial charge in [0.1, 0.15) is 0 Å². The predicted octanol–water partition coefficient (Wildman–Crippen LogP) is 7.22. The summed E-state index contributed by atoms with van der Waals surface area (Å²) in [6.07, 6.45) is 9.43. The van der Waals surface area contributed by atoms with Crippen molar-refractivity contribution < 1.29 is 5.11 Å². The molecule has 0 aliphatic heterocycles. The van der Waals surface area contributed by atoms with E-state index in [1.807, 2.05) is 0 Å². The summed E-state index contributed by atoms with van der Waals surface area (Å²) in [4.78, 5) is 0. The molecule has 1 nitrogen and oxygen atoms in total. The zero-order chi connectivity index (χ0) is 25.3. The van der Waals surface area contributed by atoms with Gasteiger partial charge in [0.15, 0.2) is 0 Å². The van der Waals surface area contributed by atoms with Crippen molar-refractivity contribution in [2.45, 2.75) is 67.5 Å². The Morgan fingerprint density at radius 3 is 2.31 bits per heavy atom. The van der Waals surface area contributed by atoms with E-state index in [4.69, 9.17) is 0 Å². The number of fused-ring (bicyclic) bond motifs is 3. The Morgan fingerprint density at radius 1 is 0.889 bits per heavy atom. The molecule has 0 spiro atoms. The minimum atomic E-state index is -2.43. The molecule has 6 rings (SSSR count). The molecule has 3 aliphatic carbocycles. The molecule has 0 saturated carbocycles. The quantitative estimate of drug-likeness (QED) is 0.381. The van der Waals surface area contributed by atoms with Crippen LogP contribution in [0.3, 0.4) is 0 Å². The normalized spacial score (nSPS) is 25.2. The number of hydrogen-bond donors (Lipinski definition) is 1. The second kappa shape index (κ2) is 8.47. The number of aliphatic hydroxyl groups is 1. The van der Waals surface area contributed by atoms with E-state index in [1.165, 1.54) is 63.8 Å². The van der Waals surface area contributed by atoms with E-state index < -0.39 is 13.3 Å². The van der Waals surface area contributed by atoms with Crippen molar-refractivity contribution in [1.29, 1.82) is 0 Å². The number of benzene rings is 3. The first-order valence-corrected chi connectivity index (χ1v) is 16.6. The van der Waals surface area contributed by atoms with Gasteiger partial charge in [0, 0.05) is 0 Å². The van der Waals surface area contributed by atoms with Crippen LogP contribution in [0.15, 0.2) is 78.9 Å². The summed E-state index contributed by atoms with van der Waals surface area (Å²) < 4.78 is -0.172. The van der Waals surface area contributed by atoms with Gasteiger partial charge in [-0.15, -0.1) is 0 Å². The molecule has 3 aromatic carbocycles. The number of rotatable bonds is 5. The Bertz CT molecular complexity index is 1420. The summed E-state index contributed by atoms with van der Waals surface area (Å²) in [6.45, 7) is 9.34. The number of aryl methyl sites for hydroxylation is 2. The van der Waals surface area contributed by atoms with Gasteiger partial charge in [-0.3, -0.25) is 0 Å². The number of allylic oxidation sites excluding steroid dienone is 3. The maximum absolute atomic E-state index is 12.6. The molecular weight excluding hydrogens is 447 g/mol. The van der Waals surface area contributed by atoms with Crippen molar-refractivity contribution in [1.82, 2.24) is 0 Å². The predicted molar refractivity (Wildman–Crippen MR) is 155 cm³/mol. The van der Waals surface area contributed by atoms with E-state index in [2.05, 4.69) is 124 Å². The molecule has 0 fully saturated rings. The molecule has 3 atom stereocenters. The van der Waals surface area contributed by atoms with Crippen molar-refractivity contribution in [3.63, 3.8) is 0 Å². The molecular formula is C33H35LiOSi. The Labute approximate surface area is 226 Å². The molecule has 3 aromatic rings. The molecule has 178 valence electrons. The molecule has 0 amide bonds. The van der Waals surface area contributed by atoms with Gasteiger partial charge in [0.25, 0.3) is 0 Å². The third kappa shape index (κ3) is 3.39. The number of hydrogen-bond acceptors (Lipinski definition) is 1. The van der Waals surface area contributed by atoms with E-state index in [-0.39, 0.29) is 3.71 Å². The van der Waals surface area contributed by atoms with Crippen LogP contribution >= 0.6 is 0 Å². The van der Waals surface area contributed by atoms with E-state index in [9.17, 15) is 5.11 Å². The average Bonchev–Trinajstić information content (AvgIpc) is 3.53. The Kier molecular flexibility index (Phi) is 5.71. The first kappa shape index (κ1) is 24.3. The first-order chi connectivity index (χ1) is 17.2. The molecule has 3 unspecified atom stereocenters. The van der Waals surface area contributed by atoms with Gasteiger partial charge in [0.05, 0.1) is 0 Å². The van der Waals surface area contributed by atoms with Crippen LogP contribution < -0.4 is 0 Å². The van der Waals surface area contributed by atoms with Gasteiger partial charge in [-0.05, 0) is 0 Å². The van der Waals surface area contributed by atoms with Crippen LogP contribution in [0.2, 0.25) is 13.1 Å². The van der Waals surface area contributed by atoms with E-state index in [0.29, 0.717) is 5.92 Å². The maximum atomic E-state index is 12.6. The van der Waals surface area contributed by atoms with E-state index in [0.717, 1.165) is 12.0 Å². The fraction of sp³-hybridized carbons (Fsp3) is 0.333. The topological polar surface area (TPSA) is 20.2 Å². The van der Waals surface area contributed by atoms with Gasteiger partial charge in [0.2, 0.25) is 0 Å². The van der Waals surface area contributed by atoms with Crippen molar-refractivity contribution in [3.8, 4) is 0 Å². The Balaban J connectivity index is 1.50. The summed E-state index contributed by atoms with van der Waals surface area (Å²) in [5.41, 5.74) is 12.3. The standard InChI is InChI=1S/C33H35OSi.Li/c1-22(24-11-6-5-7-12-24)17-27-20-32(30-19-26-14-10-13-25(26)18-29(27)30)35(3,4)33(34)21-23(2)28-15-8-9-16-31(28)33;/h5-9,11-12,15-16,18-22,34H,10,13-14,17H2,1-4H3;. The Morgan fingerprint density at radius 2 is 1.56 bits per heavy atom. The van der Waals surface area contributed by atoms with Crippen LogP contribution in [0.1, 0.15) is 71.6 Å². The van der Waals surface area contributed by atoms with Gasteiger partial charge < -0.3 is 0 Å². The van der Waals surface area contributed by atoms with Crippen LogP contribution in [0.5, 0.6) is 0 Å². The van der Waals surface area contributed by atoms with Crippen molar-refractivity contribution in [2.75, 3.05) is 0 Å². The summed E-state index contributed by atoms with van der Waals surface area (Å²) >= 11 is 2.43.